The summed E-state index contributed by atoms with van der Waals surface area (Å²) in [5, 5.41) is 0. The maximum atomic E-state index is 11.4. The molecule has 0 radical (unpaired) electrons. The van der Waals surface area contributed by atoms with Crippen molar-refractivity contribution in [2.75, 3.05) is 0 Å². The maximum Gasteiger partial charge on any atom is 0.223 e. The van der Waals surface area contributed by atoms with Gasteiger partial charge in [0.25, 0.3) is 0 Å². The first kappa shape index (κ1) is 11.0. The van der Waals surface area contributed by atoms with Gasteiger partial charge in [-0.05, 0) is 38.1 Å². The molecule has 90 valence electrons. The summed E-state index contributed by atoms with van der Waals surface area (Å²) in [6.07, 6.45) is 0.763. The zero-order valence-corrected chi connectivity index (χ0v) is 10.4. The van der Waals surface area contributed by atoms with Crippen molar-refractivity contribution in [1.29, 1.82) is 0 Å². The number of aryl methyl sites for hydroxylation is 1. The van der Waals surface area contributed by atoms with Crippen LogP contribution in [0.25, 0.3) is 0 Å². The molecule has 0 amide bonds. The maximum absolute atomic E-state index is 11.4. The highest BCUT2D eigenvalue weighted by Crippen LogP contribution is 2.35. The van der Waals surface area contributed by atoms with Crippen molar-refractivity contribution >= 4 is 5.78 Å². The van der Waals surface area contributed by atoms with Gasteiger partial charge in [-0.15, -0.1) is 0 Å². The van der Waals surface area contributed by atoms with Gasteiger partial charge in [-0.2, -0.15) is 0 Å². The van der Waals surface area contributed by atoms with Crippen LogP contribution >= 0.6 is 0 Å². The van der Waals surface area contributed by atoms with Crippen LogP contribution in [-0.4, -0.2) is 10.8 Å². The largest absolute Gasteiger partial charge is 0.438 e. The van der Waals surface area contributed by atoms with Crippen LogP contribution in [0.15, 0.2) is 30.3 Å². The van der Waals surface area contributed by atoms with Gasteiger partial charge in [0.1, 0.15) is 5.75 Å². The van der Waals surface area contributed by atoms with Crippen LogP contribution in [0.4, 0.5) is 0 Å². The molecule has 0 saturated heterocycles. The van der Waals surface area contributed by atoms with Crippen molar-refractivity contribution in [3.63, 3.8) is 0 Å². The normalized spacial score (nSPS) is 12.3. The fraction of sp³-hybridized carbons (Fsp3) is 0.200. The third kappa shape index (κ3) is 1.78. The molecule has 0 saturated carbocycles. The lowest BCUT2D eigenvalue weighted by Gasteiger charge is -2.19. The van der Waals surface area contributed by atoms with Crippen LogP contribution in [-0.2, 0) is 6.42 Å². The Kier molecular flexibility index (Phi) is 2.40. The van der Waals surface area contributed by atoms with Gasteiger partial charge in [-0.3, -0.25) is 4.79 Å². The number of aromatic nitrogens is 1. The third-order valence-corrected chi connectivity index (χ3v) is 3.13. The number of pyridine rings is 1. The molecular weight excluding hydrogens is 226 g/mol. The summed E-state index contributed by atoms with van der Waals surface area (Å²) >= 11 is 0. The van der Waals surface area contributed by atoms with Gasteiger partial charge in [0.2, 0.25) is 5.88 Å². The predicted molar refractivity (Wildman–Crippen MR) is 68.3 cm³/mol. The van der Waals surface area contributed by atoms with Crippen LogP contribution < -0.4 is 4.74 Å². The Morgan fingerprint density at radius 1 is 1.22 bits per heavy atom. The summed E-state index contributed by atoms with van der Waals surface area (Å²) in [6.45, 7) is 3.52. The molecule has 1 aromatic carbocycles. The Labute approximate surface area is 105 Å². The first-order valence-corrected chi connectivity index (χ1v) is 5.92. The summed E-state index contributed by atoms with van der Waals surface area (Å²) in [5.41, 5.74) is 3.77. The predicted octanol–water partition coefficient (Wildman–Crippen LogP) is 3.29. The lowest BCUT2D eigenvalue weighted by atomic mass is 9.99. The number of hydrogen-bond donors (Lipinski definition) is 0. The highest BCUT2D eigenvalue weighted by atomic mass is 16.5. The molecule has 1 aliphatic heterocycles. The SMILES string of the molecule is CC(=O)c1ccc2c(c1)Cc1ccc(C)nc1O2. The summed E-state index contributed by atoms with van der Waals surface area (Å²) in [6, 6.07) is 9.55. The van der Waals surface area contributed by atoms with E-state index >= 15 is 0 Å². The van der Waals surface area contributed by atoms with Crippen LogP contribution in [0.2, 0.25) is 0 Å². The molecule has 0 atom stereocenters. The number of carbonyl (C=O) groups excluding carboxylic acids is 1. The molecular formula is C15H13NO2. The minimum Gasteiger partial charge on any atom is -0.438 e. The first-order valence-electron chi connectivity index (χ1n) is 5.92. The number of carbonyl (C=O) groups is 1. The molecule has 0 spiro atoms. The number of ketones is 1. The molecule has 0 fully saturated rings. The Morgan fingerprint density at radius 2 is 2.06 bits per heavy atom. The number of benzene rings is 1. The van der Waals surface area contributed by atoms with Gasteiger partial charge in [0, 0.05) is 28.8 Å². The van der Waals surface area contributed by atoms with Crippen molar-refractivity contribution in [1.82, 2.24) is 4.98 Å². The second-order valence-corrected chi connectivity index (χ2v) is 4.57. The van der Waals surface area contributed by atoms with Gasteiger partial charge >= 0.3 is 0 Å². The molecule has 0 unspecified atom stereocenters. The monoisotopic (exact) mass is 239 g/mol. The van der Waals surface area contributed by atoms with Crippen LogP contribution in [0.1, 0.15) is 34.1 Å². The van der Waals surface area contributed by atoms with E-state index in [9.17, 15) is 4.79 Å². The van der Waals surface area contributed by atoms with E-state index in [2.05, 4.69) is 4.98 Å². The van der Waals surface area contributed by atoms with Crippen molar-refractivity contribution in [3.05, 3.63) is 52.7 Å². The molecule has 0 bridgehead atoms. The third-order valence-electron chi connectivity index (χ3n) is 3.13. The summed E-state index contributed by atoms with van der Waals surface area (Å²) in [5.74, 6) is 1.55. The quantitative estimate of drug-likeness (QED) is 0.612. The van der Waals surface area contributed by atoms with E-state index in [1.807, 2.05) is 31.2 Å². The fourth-order valence-electron chi connectivity index (χ4n) is 2.13. The minimum atomic E-state index is 0.0747. The van der Waals surface area contributed by atoms with Crippen LogP contribution in [0, 0.1) is 6.92 Å². The van der Waals surface area contributed by atoms with Gasteiger partial charge in [0.15, 0.2) is 5.78 Å². The molecule has 3 heteroatoms. The summed E-state index contributed by atoms with van der Waals surface area (Å²) in [4.78, 5) is 15.7. The van der Waals surface area contributed by atoms with Crippen LogP contribution in [0.3, 0.4) is 0 Å². The minimum absolute atomic E-state index is 0.0747. The highest BCUT2D eigenvalue weighted by Gasteiger charge is 2.18. The van der Waals surface area contributed by atoms with E-state index in [0.29, 0.717) is 5.88 Å². The van der Waals surface area contributed by atoms with Crippen molar-refractivity contribution in [2.24, 2.45) is 0 Å². The smallest absolute Gasteiger partial charge is 0.223 e. The van der Waals surface area contributed by atoms with E-state index in [0.717, 1.165) is 34.6 Å². The van der Waals surface area contributed by atoms with E-state index in [1.54, 1.807) is 13.0 Å². The van der Waals surface area contributed by atoms with E-state index < -0.39 is 0 Å². The zero-order chi connectivity index (χ0) is 12.7. The lowest BCUT2D eigenvalue weighted by molar-refractivity contribution is 0.101. The summed E-state index contributed by atoms with van der Waals surface area (Å²) in [7, 11) is 0. The fourth-order valence-corrected chi connectivity index (χ4v) is 2.13. The topological polar surface area (TPSA) is 39.2 Å². The lowest BCUT2D eigenvalue weighted by Crippen LogP contribution is -2.06. The van der Waals surface area contributed by atoms with Crippen molar-refractivity contribution < 1.29 is 9.53 Å². The van der Waals surface area contributed by atoms with E-state index in [-0.39, 0.29) is 5.78 Å². The Balaban J connectivity index is 2.05. The molecule has 1 aliphatic rings. The second kappa shape index (κ2) is 3.95. The van der Waals surface area contributed by atoms with Crippen LogP contribution in [0.5, 0.6) is 11.6 Å². The van der Waals surface area contributed by atoms with Gasteiger partial charge in [-0.1, -0.05) is 6.07 Å². The number of nitrogens with zero attached hydrogens (tertiary/aromatic N) is 1. The molecule has 2 aromatic rings. The molecule has 2 heterocycles. The number of rotatable bonds is 1. The molecule has 1 aromatic heterocycles. The van der Waals surface area contributed by atoms with Gasteiger partial charge in [-0.25, -0.2) is 4.98 Å². The molecule has 18 heavy (non-hydrogen) atoms. The molecule has 0 aliphatic carbocycles. The Bertz CT molecular complexity index is 647. The summed E-state index contributed by atoms with van der Waals surface area (Å²) < 4.78 is 5.77. The van der Waals surface area contributed by atoms with Crippen molar-refractivity contribution in [3.8, 4) is 11.6 Å². The second-order valence-electron chi connectivity index (χ2n) is 4.57. The number of fused-ring (bicyclic) bond motifs is 2. The number of Topliss-reactive ketones (excluding diaryl/α,β-unsaturated/α-hetero) is 1. The molecule has 0 N–H and O–H groups in total. The van der Waals surface area contributed by atoms with E-state index in [1.165, 1.54) is 0 Å². The zero-order valence-electron chi connectivity index (χ0n) is 10.4. The van der Waals surface area contributed by atoms with Crippen molar-refractivity contribution in [2.45, 2.75) is 20.3 Å². The van der Waals surface area contributed by atoms with E-state index in [4.69, 9.17) is 4.74 Å². The number of hydrogen-bond acceptors (Lipinski definition) is 3. The average molecular weight is 239 g/mol. The standard InChI is InChI=1S/C15H13NO2/c1-9-3-4-12-8-13-7-11(10(2)17)5-6-14(13)18-15(12)16-9/h3-7H,8H2,1-2H3. The number of ether oxygens (including phenoxy) is 1. The molecule has 3 nitrogen and oxygen atoms in total. The Morgan fingerprint density at radius 3 is 2.83 bits per heavy atom. The Hall–Kier alpha value is -2.16. The van der Waals surface area contributed by atoms with Gasteiger partial charge in [0.05, 0.1) is 0 Å². The first-order chi connectivity index (χ1) is 8.63. The highest BCUT2D eigenvalue weighted by molar-refractivity contribution is 5.94. The molecule has 3 rings (SSSR count). The average Bonchev–Trinajstić information content (AvgIpc) is 2.35. The van der Waals surface area contributed by atoms with Gasteiger partial charge < -0.3 is 4.74 Å².